The summed E-state index contributed by atoms with van der Waals surface area (Å²) in [7, 11) is 0. The molecule has 0 bridgehead atoms. The van der Waals surface area contributed by atoms with E-state index < -0.39 is 17.8 Å². The Labute approximate surface area is 183 Å². The van der Waals surface area contributed by atoms with E-state index in [1.54, 1.807) is 0 Å². The average Bonchev–Trinajstić information content (AvgIpc) is 3.06. The highest BCUT2D eigenvalue weighted by Gasteiger charge is 2.31. The minimum Gasteiger partial charge on any atom is -0.409 e. The van der Waals surface area contributed by atoms with Crippen molar-refractivity contribution in [3.05, 3.63) is 69.3 Å². The number of allylic oxidation sites excluding steroid dienone is 1. The molecule has 0 unspecified atom stereocenters. The number of benzene rings is 2. The Balaban J connectivity index is 1.68. The van der Waals surface area contributed by atoms with Crippen molar-refractivity contribution in [2.75, 3.05) is 11.9 Å². The van der Waals surface area contributed by atoms with E-state index in [9.17, 15) is 22.8 Å². The summed E-state index contributed by atoms with van der Waals surface area (Å²) >= 11 is 3.20. The first-order chi connectivity index (χ1) is 14.7. The summed E-state index contributed by atoms with van der Waals surface area (Å²) in [4.78, 5) is 24.3. The third kappa shape index (κ3) is 5.64. The number of Topliss-reactive ketones (excluding diaryl/α,β-unsaturated/α-hetero) is 1. The van der Waals surface area contributed by atoms with Crippen LogP contribution < -0.4 is 15.4 Å². The van der Waals surface area contributed by atoms with E-state index in [-0.39, 0.29) is 35.8 Å². The van der Waals surface area contributed by atoms with Gasteiger partial charge in [0.1, 0.15) is 5.75 Å². The molecule has 1 aliphatic rings. The Kier molecular flexibility index (Phi) is 6.65. The Morgan fingerprint density at radius 2 is 1.97 bits per heavy atom. The Hall–Kier alpha value is -3.32. The van der Waals surface area contributed by atoms with Crippen LogP contribution in [-0.2, 0) is 11.0 Å². The second kappa shape index (κ2) is 9.22. The number of hydrogen-bond acceptors (Lipinski definition) is 5. The molecule has 0 aromatic heterocycles. The number of nitrogens with one attached hydrogen (secondary N) is 2. The number of hydrogen-bond donors (Lipinski definition) is 2. The first-order valence-corrected chi connectivity index (χ1v) is 9.81. The van der Waals surface area contributed by atoms with E-state index in [2.05, 4.69) is 26.6 Å². The summed E-state index contributed by atoms with van der Waals surface area (Å²) in [6.45, 7) is -0.146. The quantitative estimate of drug-likeness (QED) is 0.600. The molecule has 0 aliphatic heterocycles. The summed E-state index contributed by atoms with van der Waals surface area (Å²) in [5.74, 6) is -0.0279. The zero-order valence-electron chi connectivity index (χ0n) is 15.8. The summed E-state index contributed by atoms with van der Waals surface area (Å²) < 4.78 is 44.3. The van der Waals surface area contributed by atoms with Crippen LogP contribution in [0.3, 0.4) is 0 Å². The maximum absolute atomic E-state index is 12.9. The summed E-state index contributed by atoms with van der Waals surface area (Å²) in [6.07, 6.45) is -4.79. The first-order valence-electron chi connectivity index (χ1n) is 9.02. The third-order valence-corrected chi connectivity index (χ3v) is 5.08. The molecule has 0 spiro atoms. The SMILES string of the molecule is N#Cc1ccc(OC(=O)NCC2=C(Nc3cccc(C(F)(F)F)c3)CCC2=O)c(Br)c1. The van der Waals surface area contributed by atoms with Gasteiger partial charge in [0.15, 0.2) is 5.78 Å². The van der Waals surface area contributed by atoms with E-state index in [1.165, 1.54) is 30.3 Å². The number of nitriles is 1. The van der Waals surface area contributed by atoms with E-state index in [0.29, 0.717) is 22.2 Å². The van der Waals surface area contributed by atoms with Gasteiger partial charge in [0.25, 0.3) is 0 Å². The van der Waals surface area contributed by atoms with Crippen LogP contribution in [0, 0.1) is 11.3 Å². The fraction of sp³-hybridized carbons (Fsp3) is 0.190. The van der Waals surface area contributed by atoms with Crippen molar-refractivity contribution in [3.8, 4) is 11.8 Å². The number of halogens is 4. The van der Waals surface area contributed by atoms with Crippen molar-refractivity contribution in [1.82, 2.24) is 5.32 Å². The van der Waals surface area contributed by atoms with Gasteiger partial charge in [0, 0.05) is 23.4 Å². The second-order valence-corrected chi connectivity index (χ2v) is 7.44. The molecule has 160 valence electrons. The van der Waals surface area contributed by atoms with Gasteiger partial charge in [-0.25, -0.2) is 4.79 Å². The fourth-order valence-electron chi connectivity index (χ4n) is 2.95. The molecular formula is C21H15BrF3N3O3. The number of ether oxygens (including phenoxy) is 1. The van der Waals surface area contributed by atoms with Gasteiger partial charge in [-0.15, -0.1) is 0 Å². The van der Waals surface area contributed by atoms with Crippen molar-refractivity contribution >= 4 is 33.5 Å². The summed E-state index contributed by atoms with van der Waals surface area (Å²) in [5, 5.41) is 14.2. The molecule has 6 nitrogen and oxygen atoms in total. The van der Waals surface area contributed by atoms with Gasteiger partial charge in [0.2, 0.25) is 0 Å². The highest BCUT2D eigenvalue weighted by atomic mass is 79.9. The van der Waals surface area contributed by atoms with Gasteiger partial charge in [-0.1, -0.05) is 6.07 Å². The van der Waals surface area contributed by atoms with Crippen LogP contribution in [0.4, 0.5) is 23.7 Å². The van der Waals surface area contributed by atoms with Gasteiger partial charge in [0.05, 0.1) is 28.2 Å². The normalized spacial score (nSPS) is 13.7. The van der Waals surface area contributed by atoms with Crippen LogP contribution in [-0.4, -0.2) is 18.4 Å². The van der Waals surface area contributed by atoms with Gasteiger partial charge in [-0.3, -0.25) is 4.79 Å². The number of nitrogens with zero attached hydrogens (tertiary/aromatic N) is 1. The van der Waals surface area contributed by atoms with Crippen LogP contribution in [0.15, 0.2) is 58.2 Å². The lowest BCUT2D eigenvalue weighted by Crippen LogP contribution is -2.30. The minimum atomic E-state index is -4.48. The van der Waals surface area contributed by atoms with Crippen molar-refractivity contribution < 1.29 is 27.5 Å². The lowest BCUT2D eigenvalue weighted by atomic mass is 10.1. The van der Waals surface area contributed by atoms with Crippen LogP contribution >= 0.6 is 15.9 Å². The van der Waals surface area contributed by atoms with Crippen LogP contribution in [0.5, 0.6) is 5.75 Å². The molecule has 1 aliphatic carbocycles. The summed E-state index contributed by atoms with van der Waals surface area (Å²) in [6, 6.07) is 11.0. The molecule has 1 amide bonds. The van der Waals surface area contributed by atoms with Crippen molar-refractivity contribution in [2.24, 2.45) is 0 Å². The third-order valence-electron chi connectivity index (χ3n) is 4.46. The van der Waals surface area contributed by atoms with Gasteiger partial charge < -0.3 is 15.4 Å². The number of ketones is 1. The van der Waals surface area contributed by atoms with Crippen LogP contribution in [0.25, 0.3) is 0 Å². The Morgan fingerprint density at radius 3 is 2.65 bits per heavy atom. The summed E-state index contributed by atoms with van der Waals surface area (Å²) in [5.41, 5.74) is 0.490. The lowest BCUT2D eigenvalue weighted by molar-refractivity contribution is -0.137. The van der Waals surface area contributed by atoms with Crippen LogP contribution in [0.1, 0.15) is 24.0 Å². The predicted molar refractivity (Wildman–Crippen MR) is 109 cm³/mol. The Morgan fingerprint density at radius 1 is 1.19 bits per heavy atom. The standard InChI is InChI=1S/C21H15BrF3N3O3/c22-16-8-12(10-26)4-7-19(16)31-20(30)27-11-15-17(5-6-18(15)29)28-14-3-1-2-13(9-14)21(23,24)25/h1-4,7-9,28H,5-6,11H2,(H,27,30). The molecule has 3 rings (SSSR count). The predicted octanol–water partition coefficient (Wildman–Crippen LogP) is 5.16. The average molecular weight is 494 g/mol. The molecule has 0 atom stereocenters. The van der Waals surface area contributed by atoms with Gasteiger partial charge >= 0.3 is 12.3 Å². The molecular weight excluding hydrogens is 479 g/mol. The largest absolute Gasteiger partial charge is 0.416 e. The number of carbonyl (C=O) groups is 2. The van der Waals surface area contributed by atoms with Crippen LogP contribution in [0.2, 0.25) is 0 Å². The molecule has 0 saturated heterocycles. The first kappa shape index (κ1) is 22.4. The molecule has 2 aromatic carbocycles. The zero-order chi connectivity index (χ0) is 22.6. The van der Waals surface area contributed by atoms with E-state index in [0.717, 1.165) is 12.1 Å². The molecule has 31 heavy (non-hydrogen) atoms. The molecule has 0 fully saturated rings. The molecule has 2 N–H and O–H groups in total. The maximum Gasteiger partial charge on any atom is 0.416 e. The molecule has 0 heterocycles. The number of alkyl halides is 3. The molecule has 10 heteroatoms. The van der Waals surface area contributed by atoms with Crippen molar-refractivity contribution in [3.63, 3.8) is 0 Å². The topological polar surface area (TPSA) is 91.2 Å². The van der Waals surface area contributed by atoms with Crippen molar-refractivity contribution in [1.29, 1.82) is 5.26 Å². The van der Waals surface area contributed by atoms with Gasteiger partial charge in [-0.05, 0) is 58.7 Å². The van der Waals surface area contributed by atoms with Crippen molar-refractivity contribution in [2.45, 2.75) is 19.0 Å². The van der Waals surface area contributed by atoms with E-state index in [1.807, 2.05) is 6.07 Å². The van der Waals surface area contributed by atoms with E-state index >= 15 is 0 Å². The Bertz CT molecular complexity index is 1110. The smallest absolute Gasteiger partial charge is 0.409 e. The monoisotopic (exact) mass is 493 g/mol. The fourth-order valence-corrected chi connectivity index (χ4v) is 3.41. The van der Waals surface area contributed by atoms with Gasteiger partial charge in [-0.2, -0.15) is 18.4 Å². The molecule has 2 aromatic rings. The number of carbonyl (C=O) groups excluding carboxylic acids is 2. The highest BCUT2D eigenvalue weighted by Crippen LogP contribution is 2.32. The second-order valence-electron chi connectivity index (χ2n) is 6.58. The zero-order valence-corrected chi connectivity index (χ0v) is 17.4. The molecule has 0 saturated carbocycles. The van der Waals surface area contributed by atoms with E-state index in [4.69, 9.17) is 10.00 Å². The minimum absolute atomic E-state index is 0.146. The number of rotatable bonds is 5. The maximum atomic E-state index is 12.9. The lowest BCUT2D eigenvalue weighted by Gasteiger charge is -2.13. The number of anilines is 1. The highest BCUT2D eigenvalue weighted by molar-refractivity contribution is 9.10. The number of amides is 1. The molecule has 0 radical (unpaired) electrons.